The van der Waals surface area contributed by atoms with Gasteiger partial charge in [0.15, 0.2) is 11.0 Å². The SMILES string of the molecule is Nc1ccccc1OCCNC(=O)c1ccc(Cl)o1. The normalized spacial score (nSPS) is 10.2. The number of halogens is 1. The van der Waals surface area contributed by atoms with Crippen LogP contribution in [0.25, 0.3) is 0 Å². The Morgan fingerprint density at radius 3 is 2.79 bits per heavy atom. The number of carbonyl (C=O) groups excluding carboxylic acids is 1. The van der Waals surface area contributed by atoms with E-state index in [0.717, 1.165) is 0 Å². The Morgan fingerprint density at radius 1 is 1.32 bits per heavy atom. The second kappa shape index (κ2) is 6.15. The molecule has 0 radical (unpaired) electrons. The van der Waals surface area contributed by atoms with E-state index in [1.807, 2.05) is 12.1 Å². The van der Waals surface area contributed by atoms with Gasteiger partial charge in [-0.25, -0.2) is 0 Å². The number of hydrogen-bond acceptors (Lipinski definition) is 4. The van der Waals surface area contributed by atoms with E-state index in [1.165, 1.54) is 12.1 Å². The highest BCUT2D eigenvalue weighted by atomic mass is 35.5. The van der Waals surface area contributed by atoms with Crippen molar-refractivity contribution in [3.05, 3.63) is 47.4 Å². The highest BCUT2D eigenvalue weighted by molar-refractivity contribution is 6.29. The van der Waals surface area contributed by atoms with Gasteiger partial charge in [-0.1, -0.05) is 12.1 Å². The van der Waals surface area contributed by atoms with Crippen molar-refractivity contribution in [3.8, 4) is 5.75 Å². The Hall–Kier alpha value is -2.14. The van der Waals surface area contributed by atoms with Crippen LogP contribution in [0, 0.1) is 0 Å². The van der Waals surface area contributed by atoms with Crippen LogP contribution in [0.4, 0.5) is 5.69 Å². The van der Waals surface area contributed by atoms with Crippen molar-refractivity contribution in [2.45, 2.75) is 0 Å². The van der Waals surface area contributed by atoms with Gasteiger partial charge in [0.05, 0.1) is 12.2 Å². The Morgan fingerprint density at radius 2 is 2.11 bits per heavy atom. The molecule has 0 fully saturated rings. The number of rotatable bonds is 5. The summed E-state index contributed by atoms with van der Waals surface area (Å²) in [7, 11) is 0. The maximum absolute atomic E-state index is 11.6. The third-order valence-corrected chi connectivity index (χ3v) is 2.56. The van der Waals surface area contributed by atoms with Crippen LogP contribution in [0.2, 0.25) is 5.22 Å². The zero-order valence-electron chi connectivity index (χ0n) is 10.1. The molecule has 1 heterocycles. The average molecular weight is 281 g/mol. The Labute approximate surface area is 115 Å². The van der Waals surface area contributed by atoms with Gasteiger partial charge in [-0.05, 0) is 35.9 Å². The van der Waals surface area contributed by atoms with Gasteiger partial charge in [0, 0.05) is 0 Å². The number of nitrogens with two attached hydrogens (primary N) is 1. The molecule has 100 valence electrons. The number of benzene rings is 1. The molecule has 0 bridgehead atoms. The van der Waals surface area contributed by atoms with Crippen LogP contribution >= 0.6 is 11.6 Å². The molecule has 0 aliphatic rings. The van der Waals surface area contributed by atoms with Crippen LogP contribution in [0.1, 0.15) is 10.6 Å². The molecule has 0 saturated heterocycles. The van der Waals surface area contributed by atoms with Gasteiger partial charge in [0.25, 0.3) is 5.91 Å². The van der Waals surface area contributed by atoms with E-state index in [4.69, 9.17) is 26.5 Å². The minimum absolute atomic E-state index is 0.171. The van der Waals surface area contributed by atoms with E-state index in [-0.39, 0.29) is 16.9 Å². The number of para-hydroxylation sites is 2. The van der Waals surface area contributed by atoms with Crippen molar-refractivity contribution in [2.24, 2.45) is 0 Å². The predicted octanol–water partition coefficient (Wildman–Crippen LogP) is 2.32. The Kier molecular flexibility index (Phi) is 4.30. The lowest BCUT2D eigenvalue weighted by atomic mass is 10.3. The highest BCUT2D eigenvalue weighted by Crippen LogP contribution is 2.19. The van der Waals surface area contributed by atoms with Crippen molar-refractivity contribution < 1.29 is 13.9 Å². The van der Waals surface area contributed by atoms with E-state index >= 15 is 0 Å². The fourth-order valence-corrected chi connectivity index (χ4v) is 1.61. The van der Waals surface area contributed by atoms with Crippen molar-refractivity contribution in [2.75, 3.05) is 18.9 Å². The van der Waals surface area contributed by atoms with Gasteiger partial charge in [0.2, 0.25) is 0 Å². The lowest BCUT2D eigenvalue weighted by Crippen LogP contribution is -2.27. The second-order valence-corrected chi connectivity index (χ2v) is 4.12. The summed E-state index contributed by atoms with van der Waals surface area (Å²) in [6.07, 6.45) is 0. The third-order valence-electron chi connectivity index (χ3n) is 2.36. The summed E-state index contributed by atoms with van der Waals surface area (Å²) in [6.45, 7) is 0.653. The molecule has 1 aromatic heterocycles. The lowest BCUT2D eigenvalue weighted by Gasteiger charge is -2.08. The van der Waals surface area contributed by atoms with Crippen LogP contribution in [-0.2, 0) is 0 Å². The Balaban J connectivity index is 1.75. The molecule has 19 heavy (non-hydrogen) atoms. The summed E-state index contributed by atoms with van der Waals surface area (Å²) in [4.78, 5) is 11.6. The fourth-order valence-electron chi connectivity index (χ4n) is 1.46. The van der Waals surface area contributed by atoms with E-state index in [1.54, 1.807) is 12.1 Å². The maximum Gasteiger partial charge on any atom is 0.287 e. The first kappa shape index (κ1) is 13.3. The molecular weight excluding hydrogens is 268 g/mol. The largest absolute Gasteiger partial charge is 0.490 e. The van der Waals surface area contributed by atoms with Crippen LogP contribution in [0.3, 0.4) is 0 Å². The van der Waals surface area contributed by atoms with Crippen LogP contribution < -0.4 is 15.8 Å². The van der Waals surface area contributed by atoms with E-state index in [9.17, 15) is 4.79 Å². The number of nitrogen functional groups attached to an aromatic ring is 1. The minimum atomic E-state index is -0.337. The van der Waals surface area contributed by atoms with Crippen molar-refractivity contribution in [1.82, 2.24) is 5.32 Å². The molecule has 1 amide bonds. The topological polar surface area (TPSA) is 77.5 Å². The standard InChI is InChI=1S/C13H13ClN2O3/c14-12-6-5-11(19-12)13(17)16-7-8-18-10-4-2-1-3-9(10)15/h1-6H,7-8,15H2,(H,16,17). The van der Waals surface area contributed by atoms with Gasteiger partial charge in [-0.2, -0.15) is 0 Å². The monoisotopic (exact) mass is 280 g/mol. The third kappa shape index (κ3) is 3.66. The molecule has 0 aliphatic carbocycles. The smallest absolute Gasteiger partial charge is 0.287 e. The van der Waals surface area contributed by atoms with Crippen molar-refractivity contribution >= 4 is 23.2 Å². The molecule has 0 saturated carbocycles. The van der Waals surface area contributed by atoms with Gasteiger partial charge in [-0.3, -0.25) is 4.79 Å². The molecule has 0 spiro atoms. The van der Waals surface area contributed by atoms with Gasteiger partial charge in [0.1, 0.15) is 12.4 Å². The predicted molar refractivity (Wildman–Crippen MR) is 72.4 cm³/mol. The minimum Gasteiger partial charge on any atom is -0.490 e. The average Bonchev–Trinajstić information content (AvgIpc) is 2.83. The number of hydrogen-bond donors (Lipinski definition) is 2. The quantitative estimate of drug-likeness (QED) is 0.651. The molecule has 2 aromatic rings. The number of ether oxygens (including phenoxy) is 1. The number of furan rings is 1. The molecule has 0 unspecified atom stereocenters. The molecule has 1 aromatic carbocycles. The number of anilines is 1. The van der Waals surface area contributed by atoms with E-state index in [0.29, 0.717) is 24.6 Å². The van der Waals surface area contributed by atoms with Gasteiger partial charge in [-0.15, -0.1) is 0 Å². The molecule has 6 heteroatoms. The van der Waals surface area contributed by atoms with E-state index in [2.05, 4.69) is 5.32 Å². The van der Waals surface area contributed by atoms with Gasteiger partial charge < -0.3 is 20.2 Å². The molecule has 2 rings (SSSR count). The zero-order chi connectivity index (χ0) is 13.7. The Bertz CT molecular complexity index is 569. The van der Waals surface area contributed by atoms with E-state index < -0.39 is 0 Å². The first-order valence-corrected chi connectivity index (χ1v) is 6.05. The summed E-state index contributed by atoms with van der Waals surface area (Å²) >= 11 is 5.58. The van der Waals surface area contributed by atoms with Gasteiger partial charge >= 0.3 is 0 Å². The summed E-state index contributed by atoms with van der Waals surface area (Å²) in [5.41, 5.74) is 6.28. The van der Waals surface area contributed by atoms with Crippen molar-refractivity contribution in [1.29, 1.82) is 0 Å². The second-order valence-electron chi connectivity index (χ2n) is 3.75. The summed E-state index contributed by atoms with van der Waals surface area (Å²) in [5, 5.41) is 2.82. The molecular formula is C13H13ClN2O3. The number of nitrogens with one attached hydrogen (secondary N) is 1. The van der Waals surface area contributed by atoms with Crippen LogP contribution in [0.15, 0.2) is 40.8 Å². The first-order chi connectivity index (χ1) is 9.16. The summed E-state index contributed by atoms with van der Waals surface area (Å²) < 4.78 is 10.4. The van der Waals surface area contributed by atoms with Crippen LogP contribution in [-0.4, -0.2) is 19.1 Å². The number of amides is 1. The molecule has 5 nitrogen and oxygen atoms in total. The summed E-state index contributed by atoms with van der Waals surface area (Å²) in [6, 6.07) is 10.2. The first-order valence-electron chi connectivity index (χ1n) is 5.67. The number of carbonyl (C=O) groups is 1. The summed E-state index contributed by atoms with van der Waals surface area (Å²) in [5.74, 6) is 0.429. The zero-order valence-corrected chi connectivity index (χ0v) is 10.8. The molecule has 0 atom stereocenters. The van der Waals surface area contributed by atoms with Crippen LogP contribution in [0.5, 0.6) is 5.75 Å². The van der Waals surface area contributed by atoms with Crippen molar-refractivity contribution in [3.63, 3.8) is 0 Å². The molecule has 0 aliphatic heterocycles. The highest BCUT2D eigenvalue weighted by Gasteiger charge is 2.09. The lowest BCUT2D eigenvalue weighted by molar-refractivity contribution is 0.0919. The fraction of sp³-hybridized carbons (Fsp3) is 0.154. The maximum atomic E-state index is 11.6. The molecule has 3 N–H and O–H groups in total.